The van der Waals surface area contributed by atoms with Gasteiger partial charge in [-0.05, 0) is 98.5 Å². The van der Waals surface area contributed by atoms with Crippen molar-refractivity contribution >= 4 is 17.6 Å². The normalized spacial score (nSPS) is 16.2. The summed E-state index contributed by atoms with van der Waals surface area (Å²) in [4.78, 5) is 43.9. The zero-order chi connectivity index (χ0) is 32.5. The van der Waals surface area contributed by atoms with Gasteiger partial charge in [0.25, 0.3) is 11.8 Å². The number of amides is 2. The number of carbonyl (C=O) groups excluding carboxylic acids is 3. The molecule has 0 spiro atoms. The smallest absolute Gasteiger partial charge is 0.253 e. The van der Waals surface area contributed by atoms with Gasteiger partial charge in [-0.25, -0.2) is 8.78 Å². The minimum atomic E-state index is -1.01. The van der Waals surface area contributed by atoms with E-state index in [1.165, 1.54) is 12.1 Å². The molecule has 8 heteroatoms. The lowest BCUT2D eigenvalue weighted by Crippen LogP contribution is -2.46. The molecule has 3 aromatic rings. The number of hydrogen-bond donors (Lipinski definition) is 1. The number of Topliss-reactive ketones (excluding diaryl/α,β-unsaturated/α-hetero) is 1. The molecule has 0 saturated carbocycles. The van der Waals surface area contributed by atoms with Crippen LogP contribution in [-0.4, -0.2) is 64.8 Å². The number of piperidine rings is 1. The van der Waals surface area contributed by atoms with Crippen LogP contribution < -0.4 is 0 Å². The van der Waals surface area contributed by atoms with Gasteiger partial charge in [0.05, 0.1) is 6.10 Å². The van der Waals surface area contributed by atoms with Gasteiger partial charge in [0.2, 0.25) is 0 Å². The Bertz CT molecular complexity index is 1450. The van der Waals surface area contributed by atoms with Gasteiger partial charge >= 0.3 is 0 Å². The highest BCUT2D eigenvalue weighted by atomic mass is 19.1. The molecule has 0 unspecified atom stereocenters. The molecule has 0 bridgehead atoms. The largest absolute Gasteiger partial charge is 0.392 e. The number of nitrogens with zero attached hydrogens (tertiary/aromatic N) is 2. The summed E-state index contributed by atoms with van der Waals surface area (Å²) in [6.45, 7) is 7.97. The van der Waals surface area contributed by atoms with E-state index in [1.807, 2.05) is 26.8 Å². The Labute approximate surface area is 265 Å². The molecule has 0 aliphatic carbocycles. The van der Waals surface area contributed by atoms with E-state index in [1.54, 1.807) is 52.3 Å². The van der Waals surface area contributed by atoms with Crippen LogP contribution in [0.15, 0.2) is 66.7 Å². The fourth-order valence-corrected chi connectivity index (χ4v) is 6.43. The van der Waals surface area contributed by atoms with Crippen molar-refractivity contribution < 1.29 is 28.3 Å². The third-order valence-electron chi connectivity index (χ3n) is 8.52. The monoisotopic (exact) mass is 618 g/mol. The van der Waals surface area contributed by atoms with E-state index in [0.29, 0.717) is 61.3 Å². The van der Waals surface area contributed by atoms with Gasteiger partial charge in [-0.2, -0.15) is 0 Å². The lowest BCUT2D eigenvalue weighted by atomic mass is 9.79. The summed E-state index contributed by atoms with van der Waals surface area (Å²) >= 11 is 0. The molecule has 1 saturated heterocycles. The molecule has 240 valence electrons. The fourth-order valence-electron chi connectivity index (χ4n) is 6.43. The van der Waals surface area contributed by atoms with Gasteiger partial charge in [0.15, 0.2) is 5.78 Å². The van der Waals surface area contributed by atoms with E-state index in [4.69, 9.17) is 0 Å². The Kier molecular flexibility index (Phi) is 12.0. The topological polar surface area (TPSA) is 77.9 Å². The minimum absolute atomic E-state index is 0.0725. The number of aryl methyl sites for hydroxylation is 1. The quantitative estimate of drug-likeness (QED) is 0.212. The van der Waals surface area contributed by atoms with Crippen LogP contribution in [0, 0.1) is 30.4 Å². The number of aliphatic hydroxyl groups excluding tert-OH is 1. The fraction of sp³-hybridized carbons (Fsp3) is 0.432. The van der Waals surface area contributed by atoms with E-state index < -0.39 is 23.7 Å². The van der Waals surface area contributed by atoms with Crippen LogP contribution in [0.5, 0.6) is 0 Å². The third-order valence-corrected chi connectivity index (χ3v) is 8.52. The lowest BCUT2D eigenvalue weighted by molar-refractivity contribution is 0.0101. The first-order chi connectivity index (χ1) is 21.6. The standard InChI is InChI=1S/C37H44F2N2O4/c1-4-13-40(14-5-2)37(45)31-17-25(3)16-29(21-31)34(42)22-30(18-26-19-32(38)23-33(39)20-26)35(43)28-12-9-15-41(24-28)36(44)27-10-7-6-8-11-27/h6-8,10-11,16-17,19-21,23,28,30,35,43H,4-5,9,12-15,18,22,24H2,1-3H3/t28-,30-,35-/m1/s1. The second-order valence-electron chi connectivity index (χ2n) is 12.3. The Morgan fingerprint density at radius 2 is 1.56 bits per heavy atom. The van der Waals surface area contributed by atoms with E-state index in [2.05, 4.69) is 0 Å². The van der Waals surface area contributed by atoms with Gasteiger partial charge in [-0.15, -0.1) is 0 Å². The average Bonchev–Trinajstić information content (AvgIpc) is 3.03. The molecule has 1 aliphatic rings. The summed E-state index contributed by atoms with van der Waals surface area (Å²) in [5.41, 5.74) is 2.47. The maximum absolute atomic E-state index is 14.2. The number of hydrogen-bond acceptors (Lipinski definition) is 4. The Hall–Kier alpha value is -3.91. The zero-order valence-electron chi connectivity index (χ0n) is 26.5. The third kappa shape index (κ3) is 9.07. The van der Waals surface area contributed by atoms with Crippen LogP contribution in [0.1, 0.15) is 88.2 Å². The zero-order valence-corrected chi connectivity index (χ0v) is 26.5. The van der Waals surface area contributed by atoms with Gasteiger partial charge in [-0.3, -0.25) is 14.4 Å². The first kappa shape index (κ1) is 34.0. The SMILES string of the molecule is CCCN(CCC)C(=O)c1cc(C)cc(C(=O)C[C@@H](Cc2cc(F)cc(F)c2)[C@H](O)[C@@H]2CCCN(C(=O)c3ccccc3)C2)c1. The average molecular weight is 619 g/mol. The highest BCUT2D eigenvalue weighted by Crippen LogP contribution is 2.30. The van der Waals surface area contributed by atoms with Crippen LogP contribution in [-0.2, 0) is 6.42 Å². The number of rotatable bonds is 13. The van der Waals surface area contributed by atoms with Crippen molar-refractivity contribution in [2.45, 2.75) is 65.4 Å². The maximum Gasteiger partial charge on any atom is 0.253 e. The van der Waals surface area contributed by atoms with Crippen molar-refractivity contribution in [2.24, 2.45) is 11.8 Å². The highest BCUT2D eigenvalue weighted by molar-refractivity contribution is 6.01. The molecule has 3 aromatic carbocycles. The molecule has 4 rings (SSSR count). The van der Waals surface area contributed by atoms with Crippen LogP contribution >= 0.6 is 0 Å². The first-order valence-electron chi connectivity index (χ1n) is 16.0. The van der Waals surface area contributed by atoms with Crippen molar-refractivity contribution in [3.63, 3.8) is 0 Å². The molecule has 2 amide bonds. The van der Waals surface area contributed by atoms with Crippen molar-refractivity contribution in [3.05, 3.63) is 106 Å². The van der Waals surface area contributed by atoms with Crippen LogP contribution in [0.25, 0.3) is 0 Å². The second kappa shape index (κ2) is 15.9. The van der Waals surface area contributed by atoms with Crippen molar-refractivity contribution in [3.8, 4) is 0 Å². The summed E-state index contributed by atoms with van der Waals surface area (Å²) in [6.07, 6.45) is 1.94. The molecule has 1 fully saturated rings. The number of ketones is 1. The Morgan fingerprint density at radius 3 is 2.20 bits per heavy atom. The summed E-state index contributed by atoms with van der Waals surface area (Å²) < 4.78 is 28.3. The van der Waals surface area contributed by atoms with E-state index in [0.717, 1.165) is 24.5 Å². The van der Waals surface area contributed by atoms with Crippen molar-refractivity contribution in [1.29, 1.82) is 0 Å². The molecule has 0 radical (unpaired) electrons. The molecule has 6 nitrogen and oxygen atoms in total. The summed E-state index contributed by atoms with van der Waals surface area (Å²) in [5, 5.41) is 11.7. The Morgan fingerprint density at radius 1 is 0.911 bits per heavy atom. The highest BCUT2D eigenvalue weighted by Gasteiger charge is 2.35. The summed E-state index contributed by atoms with van der Waals surface area (Å²) in [6, 6.07) is 17.3. The number of carbonyl (C=O) groups is 3. The lowest BCUT2D eigenvalue weighted by Gasteiger charge is -2.38. The van der Waals surface area contributed by atoms with E-state index >= 15 is 0 Å². The van der Waals surface area contributed by atoms with E-state index in [9.17, 15) is 28.3 Å². The van der Waals surface area contributed by atoms with Crippen LogP contribution in [0.4, 0.5) is 8.78 Å². The van der Waals surface area contributed by atoms with E-state index in [-0.39, 0.29) is 36.4 Å². The molecule has 1 aliphatic heterocycles. The number of likely N-dealkylation sites (tertiary alicyclic amines) is 1. The van der Waals surface area contributed by atoms with Gasteiger partial charge in [0, 0.05) is 61.3 Å². The molecular weight excluding hydrogens is 574 g/mol. The molecular formula is C37H44F2N2O4. The van der Waals surface area contributed by atoms with Crippen molar-refractivity contribution in [1.82, 2.24) is 9.80 Å². The van der Waals surface area contributed by atoms with Crippen molar-refractivity contribution in [2.75, 3.05) is 26.2 Å². The number of benzene rings is 3. The maximum atomic E-state index is 14.2. The number of halogens is 2. The van der Waals surface area contributed by atoms with Gasteiger partial charge in [-0.1, -0.05) is 32.0 Å². The van der Waals surface area contributed by atoms with Crippen LogP contribution in [0.2, 0.25) is 0 Å². The number of aliphatic hydroxyl groups is 1. The summed E-state index contributed by atoms with van der Waals surface area (Å²) in [5.74, 6) is -2.97. The van der Waals surface area contributed by atoms with Gasteiger partial charge < -0.3 is 14.9 Å². The Balaban J connectivity index is 1.59. The first-order valence-corrected chi connectivity index (χ1v) is 16.0. The second-order valence-corrected chi connectivity index (χ2v) is 12.3. The van der Waals surface area contributed by atoms with Gasteiger partial charge in [0.1, 0.15) is 11.6 Å². The predicted molar refractivity (Wildman–Crippen MR) is 171 cm³/mol. The molecule has 1 heterocycles. The molecule has 45 heavy (non-hydrogen) atoms. The predicted octanol–water partition coefficient (Wildman–Crippen LogP) is 6.88. The van der Waals surface area contributed by atoms with Crippen LogP contribution in [0.3, 0.4) is 0 Å². The minimum Gasteiger partial charge on any atom is -0.392 e. The molecule has 0 aromatic heterocycles. The molecule has 1 N–H and O–H groups in total. The molecule has 3 atom stereocenters. The summed E-state index contributed by atoms with van der Waals surface area (Å²) in [7, 11) is 0.